The molecular formula is C21H13FN2O3. The Hall–Kier alpha value is -3.67. The summed E-state index contributed by atoms with van der Waals surface area (Å²) in [5, 5.41) is 9.98. The highest BCUT2D eigenvalue weighted by Gasteiger charge is 2.11. The van der Waals surface area contributed by atoms with Crippen molar-refractivity contribution in [2.24, 2.45) is 0 Å². The van der Waals surface area contributed by atoms with Gasteiger partial charge in [0.05, 0.1) is 0 Å². The fourth-order valence-electron chi connectivity index (χ4n) is 2.96. The second-order valence-corrected chi connectivity index (χ2v) is 6.05. The van der Waals surface area contributed by atoms with Gasteiger partial charge in [0.15, 0.2) is 6.61 Å². The van der Waals surface area contributed by atoms with Gasteiger partial charge in [0, 0.05) is 16.3 Å². The van der Waals surface area contributed by atoms with E-state index in [1.165, 1.54) is 12.1 Å². The van der Waals surface area contributed by atoms with E-state index in [-0.39, 0.29) is 12.4 Å². The number of ether oxygens (including phenoxy) is 1. The van der Waals surface area contributed by atoms with Crippen LogP contribution in [0, 0.1) is 5.82 Å². The lowest BCUT2D eigenvalue weighted by atomic mass is 10.1. The van der Waals surface area contributed by atoms with Crippen LogP contribution in [0.3, 0.4) is 0 Å². The predicted molar refractivity (Wildman–Crippen MR) is 97.7 cm³/mol. The highest BCUT2D eigenvalue weighted by Crippen LogP contribution is 2.31. The van der Waals surface area contributed by atoms with Crippen LogP contribution >= 0.6 is 0 Å². The summed E-state index contributed by atoms with van der Waals surface area (Å²) in [5.74, 6) is 1.02. The Labute approximate surface area is 153 Å². The Kier molecular flexibility index (Phi) is 3.60. The fourth-order valence-corrected chi connectivity index (χ4v) is 2.96. The largest absolute Gasteiger partial charge is 0.484 e. The number of hydrogen-bond donors (Lipinski definition) is 0. The molecule has 0 bridgehead atoms. The first-order valence-electron chi connectivity index (χ1n) is 8.39. The Morgan fingerprint density at radius 1 is 0.815 bits per heavy atom. The molecule has 2 aromatic heterocycles. The first-order valence-corrected chi connectivity index (χ1v) is 8.39. The zero-order chi connectivity index (χ0) is 18.2. The maximum atomic E-state index is 13.0. The number of rotatable bonds is 4. The van der Waals surface area contributed by atoms with Gasteiger partial charge in [-0.2, -0.15) is 0 Å². The van der Waals surface area contributed by atoms with Crippen molar-refractivity contribution in [1.82, 2.24) is 10.2 Å². The summed E-state index contributed by atoms with van der Waals surface area (Å²) >= 11 is 0. The molecule has 0 N–H and O–H groups in total. The van der Waals surface area contributed by atoms with E-state index in [1.807, 2.05) is 42.5 Å². The van der Waals surface area contributed by atoms with E-state index in [2.05, 4.69) is 10.2 Å². The van der Waals surface area contributed by atoms with Gasteiger partial charge in [-0.05, 0) is 48.5 Å². The topological polar surface area (TPSA) is 61.3 Å². The van der Waals surface area contributed by atoms with Crippen molar-refractivity contribution >= 4 is 21.9 Å². The lowest BCUT2D eigenvalue weighted by Crippen LogP contribution is -1.95. The van der Waals surface area contributed by atoms with Gasteiger partial charge < -0.3 is 13.6 Å². The molecule has 5 aromatic rings. The molecule has 3 aromatic carbocycles. The van der Waals surface area contributed by atoms with Gasteiger partial charge in [-0.1, -0.05) is 18.2 Å². The summed E-state index contributed by atoms with van der Waals surface area (Å²) in [7, 11) is 0. The SMILES string of the molecule is Fc1ccc(-c2nnc(COc3ccc4oc5ccccc5c4c3)o2)cc1. The van der Waals surface area contributed by atoms with E-state index in [0.717, 1.165) is 21.9 Å². The molecule has 6 heteroatoms. The third-order valence-electron chi connectivity index (χ3n) is 4.27. The Morgan fingerprint density at radius 3 is 2.52 bits per heavy atom. The van der Waals surface area contributed by atoms with E-state index in [4.69, 9.17) is 13.6 Å². The summed E-state index contributed by atoms with van der Waals surface area (Å²) in [6.45, 7) is 0.134. The van der Waals surface area contributed by atoms with Crippen molar-refractivity contribution in [1.29, 1.82) is 0 Å². The molecular weight excluding hydrogens is 347 g/mol. The maximum absolute atomic E-state index is 13.0. The van der Waals surface area contributed by atoms with Crippen LogP contribution in [-0.4, -0.2) is 10.2 Å². The van der Waals surface area contributed by atoms with Gasteiger partial charge in [-0.15, -0.1) is 10.2 Å². The molecule has 0 spiro atoms. The monoisotopic (exact) mass is 360 g/mol. The molecule has 0 aliphatic carbocycles. The van der Waals surface area contributed by atoms with Gasteiger partial charge >= 0.3 is 0 Å². The Morgan fingerprint density at radius 2 is 1.63 bits per heavy atom. The fraction of sp³-hybridized carbons (Fsp3) is 0.0476. The van der Waals surface area contributed by atoms with Gasteiger partial charge in [-0.3, -0.25) is 0 Å². The molecule has 0 fully saturated rings. The van der Waals surface area contributed by atoms with Crippen molar-refractivity contribution in [3.63, 3.8) is 0 Å². The van der Waals surface area contributed by atoms with E-state index in [1.54, 1.807) is 12.1 Å². The summed E-state index contributed by atoms with van der Waals surface area (Å²) in [6, 6.07) is 19.4. The van der Waals surface area contributed by atoms with Crippen molar-refractivity contribution in [3.8, 4) is 17.2 Å². The number of halogens is 1. The van der Waals surface area contributed by atoms with E-state index in [0.29, 0.717) is 23.1 Å². The maximum Gasteiger partial charge on any atom is 0.254 e. The minimum atomic E-state index is -0.316. The van der Waals surface area contributed by atoms with Gasteiger partial charge in [-0.25, -0.2) is 4.39 Å². The van der Waals surface area contributed by atoms with Crippen LogP contribution in [0.4, 0.5) is 4.39 Å². The summed E-state index contributed by atoms with van der Waals surface area (Å²) in [5.41, 5.74) is 2.30. The third kappa shape index (κ3) is 2.91. The van der Waals surface area contributed by atoms with Crippen molar-refractivity contribution in [2.75, 3.05) is 0 Å². The van der Waals surface area contributed by atoms with Crippen LogP contribution in [-0.2, 0) is 6.61 Å². The smallest absolute Gasteiger partial charge is 0.254 e. The third-order valence-corrected chi connectivity index (χ3v) is 4.27. The van der Waals surface area contributed by atoms with Gasteiger partial charge in [0.25, 0.3) is 5.89 Å². The normalized spacial score (nSPS) is 11.3. The number of nitrogens with zero attached hydrogens (tertiary/aromatic N) is 2. The molecule has 0 radical (unpaired) electrons. The molecule has 0 saturated heterocycles. The second kappa shape index (κ2) is 6.25. The van der Waals surface area contributed by atoms with Crippen LogP contribution in [0.2, 0.25) is 0 Å². The van der Waals surface area contributed by atoms with Crippen LogP contribution in [0.25, 0.3) is 33.4 Å². The van der Waals surface area contributed by atoms with E-state index < -0.39 is 0 Å². The summed E-state index contributed by atoms with van der Waals surface area (Å²) in [6.07, 6.45) is 0. The quantitative estimate of drug-likeness (QED) is 0.432. The molecule has 0 aliphatic rings. The molecule has 0 saturated carbocycles. The summed E-state index contributed by atoms with van der Waals surface area (Å²) in [4.78, 5) is 0. The second-order valence-electron chi connectivity index (χ2n) is 6.05. The van der Waals surface area contributed by atoms with Crippen molar-refractivity contribution < 1.29 is 18.0 Å². The van der Waals surface area contributed by atoms with Gasteiger partial charge in [0.1, 0.15) is 22.7 Å². The number of aromatic nitrogens is 2. The van der Waals surface area contributed by atoms with Crippen LogP contribution in [0.5, 0.6) is 5.75 Å². The average Bonchev–Trinajstić information content (AvgIpc) is 3.31. The molecule has 27 heavy (non-hydrogen) atoms. The molecule has 132 valence electrons. The Balaban J connectivity index is 1.37. The number of para-hydroxylation sites is 1. The standard InChI is InChI=1S/C21H13FN2O3/c22-14-7-5-13(6-8-14)21-24-23-20(27-21)12-25-15-9-10-19-17(11-15)16-3-1-2-4-18(16)26-19/h1-11H,12H2. The number of fused-ring (bicyclic) bond motifs is 3. The molecule has 0 atom stereocenters. The molecule has 0 aliphatic heterocycles. The lowest BCUT2D eigenvalue weighted by molar-refractivity contribution is 0.265. The zero-order valence-corrected chi connectivity index (χ0v) is 14.1. The average molecular weight is 360 g/mol. The lowest BCUT2D eigenvalue weighted by Gasteiger charge is -2.03. The van der Waals surface area contributed by atoms with Crippen LogP contribution in [0.1, 0.15) is 5.89 Å². The minimum Gasteiger partial charge on any atom is -0.484 e. The molecule has 0 amide bonds. The van der Waals surface area contributed by atoms with Crippen LogP contribution < -0.4 is 4.74 Å². The van der Waals surface area contributed by atoms with Gasteiger partial charge in [0.2, 0.25) is 5.89 Å². The molecule has 0 unspecified atom stereocenters. The zero-order valence-electron chi connectivity index (χ0n) is 14.1. The molecule has 5 rings (SSSR count). The van der Waals surface area contributed by atoms with Crippen molar-refractivity contribution in [3.05, 3.63) is 78.4 Å². The summed E-state index contributed by atoms with van der Waals surface area (Å²) < 4.78 is 30.2. The van der Waals surface area contributed by atoms with Crippen LogP contribution in [0.15, 0.2) is 75.6 Å². The first kappa shape index (κ1) is 15.6. The van der Waals surface area contributed by atoms with Crippen molar-refractivity contribution in [2.45, 2.75) is 6.61 Å². The molecule has 5 nitrogen and oxygen atoms in total. The Bertz CT molecular complexity index is 1240. The minimum absolute atomic E-state index is 0.134. The predicted octanol–water partition coefficient (Wildman–Crippen LogP) is 5.35. The van der Waals surface area contributed by atoms with E-state index >= 15 is 0 Å². The van der Waals surface area contributed by atoms with E-state index in [9.17, 15) is 4.39 Å². The highest BCUT2D eigenvalue weighted by molar-refractivity contribution is 6.05. The number of hydrogen-bond acceptors (Lipinski definition) is 5. The first-order chi connectivity index (χ1) is 13.3. The number of benzene rings is 3. The number of furan rings is 1. The molecule has 2 heterocycles. The highest BCUT2D eigenvalue weighted by atomic mass is 19.1.